The summed E-state index contributed by atoms with van der Waals surface area (Å²) in [5, 5.41) is 4.05. The minimum atomic E-state index is 0.636. The minimum absolute atomic E-state index is 0.636. The third-order valence-electron chi connectivity index (χ3n) is 2.14. The van der Waals surface area contributed by atoms with Crippen LogP contribution in [0.1, 0.15) is 13.3 Å². The average Bonchev–Trinajstić information content (AvgIpc) is 2.81. The summed E-state index contributed by atoms with van der Waals surface area (Å²) in [5.41, 5.74) is 7.34. The van der Waals surface area contributed by atoms with E-state index in [-0.39, 0.29) is 0 Å². The molecule has 0 fully saturated rings. The zero-order valence-electron chi connectivity index (χ0n) is 9.13. The summed E-state index contributed by atoms with van der Waals surface area (Å²) >= 11 is 0. The van der Waals surface area contributed by atoms with Gasteiger partial charge < -0.3 is 10.5 Å². The maximum Gasteiger partial charge on any atom is 0.144 e. The highest BCUT2D eigenvalue weighted by Gasteiger charge is 2.03. The van der Waals surface area contributed by atoms with Crippen molar-refractivity contribution in [2.45, 2.75) is 13.3 Å². The number of benzene rings is 1. The van der Waals surface area contributed by atoms with Gasteiger partial charge >= 0.3 is 0 Å². The summed E-state index contributed by atoms with van der Waals surface area (Å²) in [6.45, 7) is 2.71. The van der Waals surface area contributed by atoms with Crippen LogP contribution >= 0.6 is 0 Å². The summed E-state index contributed by atoms with van der Waals surface area (Å²) in [6, 6.07) is 5.55. The van der Waals surface area contributed by atoms with Crippen molar-refractivity contribution >= 4 is 5.69 Å². The van der Waals surface area contributed by atoms with E-state index in [0.717, 1.165) is 12.1 Å². The van der Waals surface area contributed by atoms with Crippen molar-refractivity contribution in [3.05, 3.63) is 30.9 Å². The van der Waals surface area contributed by atoms with Crippen LogP contribution in [-0.2, 0) is 0 Å². The highest BCUT2D eigenvalue weighted by Crippen LogP contribution is 2.24. The van der Waals surface area contributed by atoms with Gasteiger partial charge in [-0.15, -0.1) is 0 Å². The zero-order chi connectivity index (χ0) is 11.4. The third kappa shape index (κ3) is 2.13. The van der Waals surface area contributed by atoms with Crippen LogP contribution in [0.4, 0.5) is 5.69 Å². The normalized spacial score (nSPS) is 10.3. The predicted molar refractivity (Wildman–Crippen MR) is 61.6 cm³/mol. The second-order valence-corrected chi connectivity index (χ2v) is 3.41. The summed E-state index contributed by atoms with van der Waals surface area (Å²) in [7, 11) is 0. The highest BCUT2D eigenvalue weighted by molar-refractivity contribution is 5.57. The molecule has 0 radical (unpaired) electrons. The van der Waals surface area contributed by atoms with Gasteiger partial charge in [-0.3, -0.25) is 0 Å². The average molecular weight is 218 g/mol. The van der Waals surface area contributed by atoms with Crippen LogP contribution in [0, 0.1) is 0 Å². The van der Waals surface area contributed by atoms with E-state index in [4.69, 9.17) is 10.5 Å². The van der Waals surface area contributed by atoms with Crippen molar-refractivity contribution in [1.29, 1.82) is 0 Å². The Labute approximate surface area is 93.9 Å². The number of ether oxygens (including phenoxy) is 1. The van der Waals surface area contributed by atoms with Crippen LogP contribution in [0.3, 0.4) is 0 Å². The molecule has 1 heterocycles. The molecule has 0 saturated heterocycles. The van der Waals surface area contributed by atoms with E-state index in [9.17, 15) is 0 Å². The fourth-order valence-corrected chi connectivity index (χ4v) is 1.34. The second kappa shape index (κ2) is 4.65. The molecule has 0 aliphatic carbocycles. The molecule has 5 nitrogen and oxygen atoms in total. The van der Waals surface area contributed by atoms with Gasteiger partial charge in [0.05, 0.1) is 18.0 Å². The van der Waals surface area contributed by atoms with Gasteiger partial charge in [0.15, 0.2) is 0 Å². The lowest BCUT2D eigenvalue weighted by atomic mass is 10.2. The van der Waals surface area contributed by atoms with Gasteiger partial charge in [-0.25, -0.2) is 9.67 Å². The first-order valence-electron chi connectivity index (χ1n) is 5.18. The molecule has 2 rings (SSSR count). The fourth-order valence-electron chi connectivity index (χ4n) is 1.34. The second-order valence-electron chi connectivity index (χ2n) is 3.41. The molecule has 1 aromatic carbocycles. The Morgan fingerprint density at radius 1 is 1.44 bits per heavy atom. The molecule has 0 atom stereocenters. The van der Waals surface area contributed by atoms with E-state index in [1.807, 2.05) is 18.2 Å². The van der Waals surface area contributed by atoms with Gasteiger partial charge in [0.1, 0.15) is 18.4 Å². The quantitative estimate of drug-likeness (QED) is 0.792. The predicted octanol–water partition coefficient (Wildman–Crippen LogP) is 1.64. The van der Waals surface area contributed by atoms with Crippen molar-refractivity contribution in [1.82, 2.24) is 14.8 Å². The van der Waals surface area contributed by atoms with Gasteiger partial charge in [-0.05, 0) is 18.6 Å². The molecule has 0 amide bonds. The van der Waals surface area contributed by atoms with Crippen molar-refractivity contribution < 1.29 is 4.74 Å². The van der Waals surface area contributed by atoms with Crippen LogP contribution in [-0.4, -0.2) is 21.4 Å². The molecule has 2 aromatic rings. The van der Waals surface area contributed by atoms with Gasteiger partial charge in [0.25, 0.3) is 0 Å². The third-order valence-corrected chi connectivity index (χ3v) is 2.14. The van der Waals surface area contributed by atoms with Gasteiger partial charge in [-0.2, -0.15) is 5.10 Å². The molecule has 84 valence electrons. The molecule has 16 heavy (non-hydrogen) atoms. The molecule has 2 N–H and O–H groups in total. The Kier molecular flexibility index (Phi) is 3.05. The minimum Gasteiger partial charge on any atom is -0.491 e. The summed E-state index contributed by atoms with van der Waals surface area (Å²) in [5.74, 6) is 0.690. The number of nitrogens with zero attached hydrogens (tertiary/aromatic N) is 3. The lowest BCUT2D eigenvalue weighted by Crippen LogP contribution is -2.01. The number of nitrogen functional groups attached to an aromatic ring is 1. The molecular weight excluding hydrogens is 204 g/mol. The Morgan fingerprint density at radius 2 is 2.31 bits per heavy atom. The van der Waals surface area contributed by atoms with Crippen molar-refractivity contribution in [3.8, 4) is 11.4 Å². The molecule has 0 bridgehead atoms. The molecule has 0 unspecified atom stereocenters. The van der Waals surface area contributed by atoms with E-state index in [1.54, 1.807) is 11.0 Å². The van der Waals surface area contributed by atoms with Crippen LogP contribution in [0.5, 0.6) is 5.75 Å². The van der Waals surface area contributed by atoms with Crippen LogP contribution < -0.4 is 10.5 Å². The van der Waals surface area contributed by atoms with Crippen LogP contribution in [0.25, 0.3) is 5.69 Å². The summed E-state index contributed by atoms with van der Waals surface area (Å²) in [4.78, 5) is 3.89. The monoisotopic (exact) mass is 218 g/mol. The first-order chi connectivity index (χ1) is 7.81. The zero-order valence-corrected chi connectivity index (χ0v) is 9.13. The molecule has 0 aliphatic heterocycles. The number of nitrogens with two attached hydrogens (primary N) is 1. The van der Waals surface area contributed by atoms with E-state index >= 15 is 0 Å². The van der Waals surface area contributed by atoms with E-state index in [0.29, 0.717) is 18.0 Å². The Balaban J connectivity index is 2.28. The van der Waals surface area contributed by atoms with Crippen molar-refractivity contribution in [3.63, 3.8) is 0 Å². The smallest absolute Gasteiger partial charge is 0.144 e. The first-order valence-corrected chi connectivity index (χ1v) is 5.18. The molecule has 0 spiro atoms. The molecule has 5 heteroatoms. The Morgan fingerprint density at radius 3 is 3.00 bits per heavy atom. The molecular formula is C11H14N4O. The number of rotatable bonds is 4. The van der Waals surface area contributed by atoms with Gasteiger partial charge in [0.2, 0.25) is 0 Å². The highest BCUT2D eigenvalue weighted by atomic mass is 16.5. The SMILES string of the molecule is CCCOc1cc(-n2cncn2)ccc1N. The summed E-state index contributed by atoms with van der Waals surface area (Å²) < 4.78 is 7.20. The van der Waals surface area contributed by atoms with Crippen molar-refractivity contribution in [2.75, 3.05) is 12.3 Å². The standard InChI is InChI=1S/C11H14N4O/c1-2-5-16-11-6-9(3-4-10(11)12)15-8-13-7-14-15/h3-4,6-8H,2,5,12H2,1H3. The molecule has 0 aliphatic rings. The van der Waals surface area contributed by atoms with Crippen LogP contribution in [0.15, 0.2) is 30.9 Å². The Hall–Kier alpha value is -2.04. The maximum absolute atomic E-state index is 5.81. The largest absolute Gasteiger partial charge is 0.491 e. The van der Waals surface area contributed by atoms with Gasteiger partial charge in [-0.1, -0.05) is 6.92 Å². The van der Waals surface area contributed by atoms with E-state index in [2.05, 4.69) is 17.0 Å². The van der Waals surface area contributed by atoms with Crippen molar-refractivity contribution in [2.24, 2.45) is 0 Å². The maximum atomic E-state index is 5.81. The fraction of sp³-hybridized carbons (Fsp3) is 0.273. The molecule has 0 saturated carbocycles. The number of anilines is 1. The van der Waals surface area contributed by atoms with Crippen LogP contribution in [0.2, 0.25) is 0 Å². The summed E-state index contributed by atoms with van der Waals surface area (Å²) in [6.07, 6.45) is 4.07. The Bertz CT molecular complexity index is 453. The first kappa shape index (κ1) is 10.5. The van der Waals surface area contributed by atoms with E-state index in [1.165, 1.54) is 6.33 Å². The topological polar surface area (TPSA) is 66.0 Å². The number of aromatic nitrogens is 3. The lowest BCUT2D eigenvalue weighted by Gasteiger charge is -2.09. The van der Waals surface area contributed by atoms with Gasteiger partial charge in [0, 0.05) is 6.07 Å². The number of hydrogen-bond acceptors (Lipinski definition) is 4. The van der Waals surface area contributed by atoms with E-state index < -0.39 is 0 Å². The molecule has 1 aromatic heterocycles. The lowest BCUT2D eigenvalue weighted by molar-refractivity contribution is 0.319. The number of hydrogen-bond donors (Lipinski definition) is 1.